The number of nitrogens with one attached hydrogen (secondary N) is 1. The lowest BCUT2D eigenvalue weighted by Crippen LogP contribution is -2.34. The minimum atomic E-state index is -0.287. The van der Waals surface area contributed by atoms with E-state index in [1.165, 1.54) is 24.1 Å². The van der Waals surface area contributed by atoms with Gasteiger partial charge in [-0.3, -0.25) is 0 Å². The molecule has 0 aromatic carbocycles. The van der Waals surface area contributed by atoms with Crippen LogP contribution in [0.1, 0.15) is 49.7 Å². The Morgan fingerprint density at radius 1 is 1.29 bits per heavy atom. The number of aromatic nitrogens is 2. The Balaban J connectivity index is 2.12. The number of aryl methyl sites for hydroxylation is 1. The van der Waals surface area contributed by atoms with E-state index in [2.05, 4.69) is 25.2 Å². The second kappa shape index (κ2) is 5.89. The zero-order valence-corrected chi connectivity index (χ0v) is 13.8. The highest BCUT2D eigenvalue weighted by atomic mass is 32.1. The van der Waals surface area contributed by atoms with Crippen LogP contribution < -0.4 is 5.32 Å². The van der Waals surface area contributed by atoms with Crippen LogP contribution in [0.5, 0.6) is 0 Å². The number of rotatable bonds is 4. The van der Waals surface area contributed by atoms with Crippen molar-refractivity contribution in [1.29, 1.82) is 0 Å². The molecule has 2 aromatic rings. The normalized spacial score (nSPS) is 18.0. The van der Waals surface area contributed by atoms with Crippen LogP contribution in [0.15, 0.2) is 6.07 Å². The van der Waals surface area contributed by atoms with Crippen molar-refractivity contribution in [3.63, 3.8) is 0 Å². The summed E-state index contributed by atoms with van der Waals surface area (Å²) in [6.07, 6.45) is 5.73. The number of anilines is 1. The van der Waals surface area contributed by atoms with Gasteiger partial charge in [0.1, 0.15) is 16.2 Å². The van der Waals surface area contributed by atoms with Crippen LogP contribution in [0, 0.1) is 6.92 Å². The van der Waals surface area contributed by atoms with Crippen LogP contribution in [0.3, 0.4) is 0 Å². The van der Waals surface area contributed by atoms with Gasteiger partial charge in [-0.25, -0.2) is 9.97 Å². The predicted octanol–water partition coefficient (Wildman–Crippen LogP) is 4.24. The molecule has 1 saturated carbocycles. The zero-order chi connectivity index (χ0) is 14.9. The number of thiophene rings is 1. The summed E-state index contributed by atoms with van der Waals surface area (Å²) in [5.74, 6) is 1.78. The van der Waals surface area contributed by atoms with Crippen molar-refractivity contribution in [2.45, 2.75) is 51.6 Å². The van der Waals surface area contributed by atoms with E-state index in [4.69, 9.17) is 14.7 Å². The van der Waals surface area contributed by atoms with E-state index in [1.54, 1.807) is 11.3 Å². The maximum absolute atomic E-state index is 6.16. The number of nitrogens with zero attached hydrogens (tertiary/aromatic N) is 2. The van der Waals surface area contributed by atoms with Crippen molar-refractivity contribution in [2.75, 3.05) is 19.0 Å². The third kappa shape index (κ3) is 2.64. The topological polar surface area (TPSA) is 47.0 Å². The SMILES string of the molecule is CCOC1(c2nc(NC)c3cc(C)sc3n2)CCCCC1. The Morgan fingerprint density at radius 2 is 2.05 bits per heavy atom. The molecule has 0 atom stereocenters. The molecule has 2 heterocycles. The first-order valence-corrected chi connectivity index (χ1v) is 8.60. The van der Waals surface area contributed by atoms with Gasteiger partial charge >= 0.3 is 0 Å². The first-order chi connectivity index (χ1) is 10.2. The lowest BCUT2D eigenvalue weighted by atomic mass is 9.84. The maximum atomic E-state index is 6.16. The second-order valence-electron chi connectivity index (χ2n) is 5.71. The van der Waals surface area contributed by atoms with Crippen LogP contribution >= 0.6 is 11.3 Å². The molecule has 2 aromatic heterocycles. The Morgan fingerprint density at radius 3 is 2.71 bits per heavy atom. The molecule has 1 fully saturated rings. The molecule has 0 spiro atoms. The van der Waals surface area contributed by atoms with Crippen molar-refractivity contribution in [3.05, 3.63) is 16.8 Å². The Kier molecular flexibility index (Phi) is 4.13. The summed E-state index contributed by atoms with van der Waals surface area (Å²) < 4.78 is 6.16. The van der Waals surface area contributed by atoms with E-state index in [9.17, 15) is 0 Å². The van der Waals surface area contributed by atoms with Crippen LogP contribution in [0.4, 0.5) is 5.82 Å². The smallest absolute Gasteiger partial charge is 0.164 e. The van der Waals surface area contributed by atoms with E-state index in [0.29, 0.717) is 6.61 Å². The fourth-order valence-corrected chi connectivity index (χ4v) is 4.15. The minimum absolute atomic E-state index is 0.287. The fourth-order valence-electron chi connectivity index (χ4n) is 3.27. The van der Waals surface area contributed by atoms with Gasteiger partial charge in [-0.05, 0) is 32.8 Å². The largest absolute Gasteiger partial charge is 0.372 e. The highest BCUT2D eigenvalue weighted by Gasteiger charge is 2.38. The molecule has 3 rings (SSSR count). The van der Waals surface area contributed by atoms with E-state index in [0.717, 1.165) is 34.7 Å². The van der Waals surface area contributed by atoms with Gasteiger partial charge in [0.15, 0.2) is 5.82 Å². The van der Waals surface area contributed by atoms with Gasteiger partial charge in [0.25, 0.3) is 0 Å². The Bertz CT molecular complexity index is 626. The van der Waals surface area contributed by atoms with Gasteiger partial charge in [0, 0.05) is 18.5 Å². The van der Waals surface area contributed by atoms with Gasteiger partial charge in [-0.15, -0.1) is 11.3 Å². The summed E-state index contributed by atoms with van der Waals surface area (Å²) >= 11 is 1.73. The molecule has 0 unspecified atom stereocenters. The van der Waals surface area contributed by atoms with Crippen molar-refractivity contribution in [2.24, 2.45) is 0 Å². The molecular formula is C16H23N3OS. The molecule has 1 aliphatic carbocycles. The van der Waals surface area contributed by atoms with E-state index >= 15 is 0 Å². The van der Waals surface area contributed by atoms with Gasteiger partial charge in [-0.1, -0.05) is 19.3 Å². The van der Waals surface area contributed by atoms with Crippen molar-refractivity contribution in [1.82, 2.24) is 9.97 Å². The molecule has 1 aliphatic rings. The maximum Gasteiger partial charge on any atom is 0.164 e. The molecule has 0 radical (unpaired) electrons. The van der Waals surface area contributed by atoms with Crippen LogP contribution in [0.25, 0.3) is 10.2 Å². The van der Waals surface area contributed by atoms with Crippen LogP contribution in [-0.4, -0.2) is 23.6 Å². The van der Waals surface area contributed by atoms with Gasteiger partial charge < -0.3 is 10.1 Å². The highest BCUT2D eigenvalue weighted by molar-refractivity contribution is 7.18. The van der Waals surface area contributed by atoms with Gasteiger partial charge in [0.05, 0.1) is 5.39 Å². The number of hydrogen-bond donors (Lipinski definition) is 1. The predicted molar refractivity (Wildman–Crippen MR) is 88.1 cm³/mol. The lowest BCUT2D eigenvalue weighted by Gasteiger charge is -2.35. The first kappa shape index (κ1) is 14.7. The van der Waals surface area contributed by atoms with Crippen LogP contribution in [-0.2, 0) is 10.3 Å². The standard InChI is InChI=1S/C16H23N3OS/c1-4-20-16(8-6-5-7-9-16)15-18-13(17-3)12-10-11(2)21-14(12)19-15/h10H,4-9H2,1-3H3,(H,17,18,19). The third-order valence-corrected chi connectivity index (χ3v) is 5.19. The van der Waals surface area contributed by atoms with Crippen molar-refractivity contribution < 1.29 is 4.74 Å². The molecule has 0 amide bonds. The molecule has 0 saturated heterocycles. The minimum Gasteiger partial charge on any atom is -0.372 e. The monoisotopic (exact) mass is 305 g/mol. The van der Waals surface area contributed by atoms with Crippen molar-refractivity contribution >= 4 is 27.4 Å². The lowest BCUT2D eigenvalue weighted by molar-refractivity contribution is -0.0763. The van der Waals surface area contributed by atoms with E-state index in [1.807, 2.05) is 7.05 Å². The number of fused-ring (bicyclic) bond motifs is 1. The summed E-state index contributed by atoms with van der Waals surface area (Å²) in [4.78, 5) is 12.0. The molecule has 0 bridgehead atoms. The Hall–Kier alpha value is -1.20. The van der Waals surface area contributed by atoms with E-state index in [-0.39, 0.29) is 5.60 Å². The molecule has 21 heavy (non-hydrogen) atoms. The quantitative estimate of drug-likeness (QED) is 0.918. The van der Waals surface area contributed by atoms with Crippen LogP contribution in [0.2, 0.25) is 0 Å². The molecule has 5 heteroatoms. The summed E-state index contributed by atoms with van der Waals surface area (Å²) in [6, 6.07) is 2.16. The number of ether oxygens (including phenoxy) is 1. The van der Waals surface area contributed by atoms with Gasteiger partial charge in [-0.2, -0.15) is 0 Å². The third-order valence-electron chi connectivity index (χ3n) is 4.24. The van der Waals surface area contributed by atoms with Gasteiger partial charge in [0.2, 0.25) is 0 Å². The fraction of sp³-hybridized carbons (Fsp3) is 0.625. The zero-order valence-electron chi connectivity index (χ0n) is 13.0. The molecule has 0 aliphatic heterocycles. The second-order valence-corrected chi connectivity index (χ2v) is 6.94. The summed E-state index contributed by atoms with van der Waals surface area (Å²) in [5, 5.41) is 4.34. The molecule has 114 valence electrons. The summed E-state index contributed by atoms with van der Waals surface area (Å²) in [7, 11) is 1.92. The first-order valence-electron chi connectivity index (χ1n) is 7.79. The summed E-state index contributed by atoms with van der Waals surface area (Å²) in [6.45, 7) is 4.88. The molecule has 1 N–H and O–H groups in total. The average molecular weight is 305 g/mol. The number of hydrogen-bond acceptors (Lipinski definition) is 5. The molecular weight excluding hydrogens is 282 g/mol. The van der Waals surface area contributed by atoms with E-state index < -0.39 is 0 Å². The highest BCUT2D eigenvalue weighted by Crippen LogP contribution is 2.41. The van der Waals surface area contributed by atoms with Crippen molar-refractivity contribution in [3.8, 4) is 0 Å². The Labute approximate surface area is 129 Å². The summed E-state index contributed by atoms with van der Waals surface area (Å²) in [5.41, 5.74) is -0.287. The molecule has 4 nitrogen and oxygen atoms in total. The average Bonchev–Trinajstić information content (AvgIpc) is 2.87.